The van der Waals surface area contributed by atoms with Crippen LogP contribution in [0.3, 0.4) is 0 Å². The Morgan fingerprint density at radius 2 is 2.17 bits per heavy atom. The van der Waals surface area contributed by atoms with Crippen molar-refractivity contribution >= 4 is 16.9 Å². The molecule has 0 aliphatic rings. The van der Waals surface area contributed by atoms with Gasteiger partial charge in [-0.05, 0) is 12.1 Å². The van der Waals surface area contributed by atoms with Crippen molar-refractivity contribution in [3.63, 3.8) is 0 Å². The minimum absolute atomic E-state index is 0.135. The summed E-state index contributed by atoms with van der Waals surface area (Å²) in [6.45, 7) is 3.52. The van der Waals surface area contributed by atoms with E-state index in [9.17, 15) is 4.79 Å². The van der Waals surface area contributed by atoms with Crippen molar-refractivity contribution in [2.24, 2.45) is 0 Å². The Morgan fingerprint density at radius 1 is 1.33 bits per heavy atom. The molecule has 1 heterocycles. The number of carbonyl (C=O) groups is 1. The highest BCUT2D eigenvalue weighted by atomic mass is 16.6. The second-order valence-electron chi connectivity index (χ2n) is 3.59. The molecule has 18 heavy (non-hydrogen) atoms. The van der Waals surface area contributed by atoms with Gasteiger partial charge in [-0.15, -0.1) is 0 Å². The van der Waals surface area contributed by atoms with Crippen LogP contribution in [0.15, 0.2) is 49.2 Å². The summed E-state index contributed by atoms with van der Waals surface area (Å²) in [7, 11) is 0. The maximum Gasteiger partial charge on any atom is 0.344 e. The van der Waals surface area contributed by atoms with Gasteiger partial charge in [0.2, 0.25) is 0 Å². The molecule has 4 nitrogen and oxygen atoms in total. The minimum atomic E-state index is -0.428. The van der Waals surface area contributed by atoms with E-state index in [-0.39, 0.29) is 13.2 Å². The van der Waals surface area contributed by atoms with Crippen molar-refractivity contribution in [2.75, 3.05) is 13.2 Å². The molecular formula is C14H13NO3. The summed E-state index contributed by atoms with van der Waals surface area (Å²) < 4.78 is 10.2. The number of hydrogen-bond donors (Lipinski definition) is 0. The second-order valence-corrected chi connectivity index (χ2v) is 3.59. The number of esters is 1. The number of ether oxygens (including phenoxy) is 2. The standard InChI is InChI=1S/C14H13NO3/c1-2-9-17-13(16)10-18-12-7-3-5-11-6-4-8-15-14(11)12/h2-8H,1,9-10H2. The van der Waals surface area contributed by atoms with Gasteiger partial charge < -0.3 is 9.47 Å². The zero-order valence-electron chi connectivity index (χ0n) is 9.83. The summed E-state index contributed by atoms with van der Waals surface area (Å²) in [5, 5.41) is 0.967. The zero-order valence-corrected chi connectivity index (χ0v) is 9.83. The van der Waals surface area contributed by atoms with Crippen LogP contribution in [0.1, 0.15) is 0 Å². The molecule has 0 saturated carbocycles. The van der Waals surface area contributed by atoms with Gasteiger partial charge in [0.05, 0.1) is 0 Å². The van der Waals surface area contributed by atoms with Crippen LogP contribution in [-0.4, -0.2) is 24.2 Å². The van der Waals surface area contributed by atoms with Crippen LogP contribution in [0.2, 0.25) is 0 Å². The molecule has 0 bridgehead atoms. The summed E-state index contributed by atoms with van der Waals surface area (Å²) in [4.78, 5) is 15.5. The fourth-order valence-electron chi connectivity index (χ4n) is 1.52. The van der Waals surface area contributed by atoms with Gasteiger partial charge >= 0.3 is 5.97 Å². The molecule has 0 fully saturated rings. The van der Waals surface area contributed by atoms with Gasteiger partial charge in [0.1, 0.15) is 17.9 Å². The van der Waals surface area contributed by atoms with Gasteiger partial charge in [0.25, 0.3) is 0 Å². The number of rotatable bonds is 5. The normalized spacial score (nSPS) is 10.0. The maximum absolute atomic E-state index is 11.3. The number of hydrogen-bond acceptors (Lipinski definition) is 4. The number of pyridine rings is 1. The Balaban J connectivity index is 2.08. The molecular weight excluding hydrogens is 230 g/mol. The number of benzene rings is 1. The third-order valence-corrected chi connectivity index (χ3v) is 2.30. The van der Waals surface area contributed by atoms with Crippen molar-refractivity contribution in [1.82, 2.24) is 4.98 Å². The van der Waals surface area contributed by atoms with Gasteiger partial charge in [0, 0.05) is 11.6 Å². The van der Waals surface area contributed by atoms with Crippen LogP contribution in [-0.2, 0) is 9.53 Å². The predicted molar refractivity (Wildman–Crippen MR) is 68.4 cm³/mol. The van der Waals surface area contributed by atoms with Gasteiger partial charge in [-0.3, -0.25) is 4.98 Å². The van der Waals surface area contributed by atoms with Crippen LogP contribution in [0.4, 0.5) is 0 Å². The van der Waals surface area contributed by atoms with Crippen molar-refractivity contribution < 1.29 is 14.3 Å². The van der Waals surface area contributed by atoms with Crippen LogP contribution < -0.4 is 4.74 Å². The van der Waals surface area contributed by atoms with Crippen LogP contribution in [0, 0.1) is 0 Å². The van der Waals surface area contributed by atoms with E-state index in [4.69, 9.17) is 9.47 Å². The van der Waals surface area contributed by atoms with E-state index in [0.29, 0.717) is 5.75 Å². The molecule has 0 unspecified atom stereocenters. The van der Waals surface area contributed by atoms with E-state index >= 15 is 0 Å². The lowest BCUT2D eigenvalue weighted by Crippen LogP contribution is -2.15. The molecule has 0 aliphatic carbocycles. The van der Waals surface area contributed by atoms with E-state index < -0.39 is 5.97 Å². The molecule has 2 rings (SSSR count). The van der Waals surface area contributed by atoms with E-state index in [1.807, 2.05) is 24.3 Å². The first kappa shape index (κ1) is 12.1. The largest absolute Gasteiger partial charge is 0.480 e. The van der Waals surface area contributed by atoms with E-state index in [0.717, 1.165) is 10.9 Å². The second kappa shape index (κ2) is 5.82. The summed E-state index contributed by atoms with van der Waals surface area (Å²) in [6.07, 6.45) is 3.20. The third-order valence-electron chi connectivity index (χ3n) is 2.30. The zero-order chi connectivity index (χ0) is 12.8. The Bertz CT molecular complexity index is 560. The highest BCUT2D eigenvalue weighted by molar-refractivity contribution is 5.84. The third kappa shape index (κ3) is 2.85. The summed E-state index contributed by atoms with van der Waals surface area (Å²) >= 11 is 0. The average molecular weight is 243 g/mol. The number of fused-ring (bicyclic) bond motifs is 1. The van der Waals surface area contributed by atoms with E-state index in [1.165, 1.54) is 6.08 Å². The monoisotopic (exact) mass is 243 g/mol. The molecule has 4 heteroatoms. The molecule has 92 valence electrons. The SMILES string of the molecule is C=CCOC(=O)COc1cccc2cccnc12. The van der Waals surface area contributed by atoms with E-state index in [1.54, 1.807) is 12.3 Å². The minimum Gasteiger partial charge on any atom is -0.480 e. The first-order chi connectivity index (χ1) is 8.81. The molecule has 0 atom stereocenters. The molecule has 1 aromatic heterocycles. The highest BCUT2D eigenvalue weighted by Crippen LogP contribution is 2.22. The Labute approximate surface area is 105 Å². The van der Waals surface area contributed by atoms with Gasteiger partial charge in [-0.2, -0.15) is 0 Å². The van der Waals surface area contributed by atoms with Crippen LogP contribution in [0.5, 0.6) is 5.75 Å². The fraction of sp³-hybridized carbons (Fsp3) is 0.143. The van der Waals surface area contributed by atoms with Crippen molar-refractivity contribution in [2.45, 2.75) is 0 Å². The highest BCUT2D eigenvalue weighted by Gasteiger charge is 2.06. The molecule has 0 N–H and O–H groups in total. The smallest absolute Gasteiger partial charge is 0.344 e. The number of carbonyl (C=O) groups excluding carboxylic acids is 1. The Morgan fingerprint density at radius 3 is 3.00 bits per heavy atom. The molecule has 2 aromatic rings. The van der Waals surface area contributed by atoms with Gasteiger partial charge in [-0.1, -0.05) is 30.9 Å². The quantitative estimate of drug-likeness (QED) is 0.597. The Kier molecular flexibility index (Phi) is 3.91. The van der Waals surface area contributed by atoms with Gasteiger partial charge in [-0.25, -0.2) is 4.79 Å². The number of para-hydroxylation sites is 1. The lowest BCUT2D eigenvalue weighted by Gasteiger charge is -2.07. The lowest BCUT2D eigenvalue weighted by molar-refractivity contribution is -0.144. The van der Waals surface area contributed by atoms with Gasteiger partial charge in [0.15, 0.2) is 6.61 Å². The summed E-state index contributed by atoms with van der Waals surface area (Å²) in [6, 6.07) is 9.35. The first-order valence-electron chi connectivity index (χ1n) is 5.54. The summed E-state index contributed by atoms with van der Waals surface area (Å²) in [5.41, 5.74) is 0.733. The summed E-state index contributed by atoms with van der Waals surface area (Å²) in [5.74, 6) is 0.145. The first-order valence-corrected chi connectivity index (χ1v) is 5.54. The number of nitrogens with zero attached hydrogens (tertiary/aromatic N) is 1. The van der Waals surface area contributed by atoms with Crippen molar-refractivity contribution in [3.05, 3.63) is 49.2 Å². The maximum atomic E-state index is 11.3. The average Bonchev–Trinajstić information content (AvgIpc) is 2.42. The van der Waals surface area contributed by atoms with Crippen LogP contribution in [0.25, 0.3) is 10.9 Å². The molecule has 0 spiro atoms. The molecule has 1 aromatic carbocycles. The molecule has 0 aliphatic heterocycles. The molecule has 0 amide bonds. The predicted octanol–water partition coefficient (Wildman–Crippen LogP) is 2.34. The van der Waals surface area contributed by atoms with Crippen LogP contribution >= 0.6 is 0 Å². The topological polar surface area (TPSA) is 48.4 Å². The van der Waals surface area contributed by atoms with Crippen molar-refractivity contribution in [1.29, 1.82) is 0 Å². The van der Waals surface area contributed by atoms with E-state index in [2.05, 4.69) is 11.6 Å². The number of aromatic nitrogens is 1. The molecule has 0 saturated heterocycles. The molecule has 0 radical (unpaired) electrons. The Hall–Kier alpha value is -2.36. The lowest BCUT2D eigenvalue weighted by atomic mass is 10.2. The fourth-order valence-corrected chi connectivity index (χ4v) is 1.52. The van der Waals surface area contributed by atoms with Crippen molar-refractivity contribution in [3.8, 4) is 5.75 Å².